The van der Waals surface area contributed by atoms with Crippen LogP contribution in [0.3, 0.4) is 0 Å². The molecule has 0 radical (unpaired) electrons. The maximum atomic E-state index is 10.5. The lowest BCUT2D eigenvalue weighted by atomic mass is 9.94. The normalized spacial score (nSPS) is 11.1. The van der Waals surface area contributed by atoms with Gasteiger partial charge in [-0.2, -0.15) is 15.8 Å². The van der Waals surface area contributed by atoms with Gasteiger partial charge in [-0.1, -0.05) is 78.9 Å². The first-order valence-corrected chi connectivity index (χ1v) is 16.3. The highest BCUT2D eigenvalue weighted by Crippen LogP contribution is 2.39. The number of fused-ring (bicyclic) bond motifs is 6. The largest absolute Gasteiger partial charge is 0.309 e. The molecule has 0 atom stereocenters. The number of rotatable bonds is 4. The summed E-state index contributed by atoms with van der Waals surface area (Å²) in [5.41, 5.74) is 11.6. The molecule has 9 aromatic rings. The topological polar surface area (TPSA) is 81.2 Å². The van der Waals surface area contributed by atoms with E-state index in [0.717, 1.165) is 66.5 Å². The second-order valence-electron chi connectivity index (χ2n) is 12.3. The minimum Gasteiger partial charge on any atom is -0.309 e. The first kappa shape index (κ1) is 28.8. The molecule has 9 rings (SSSR count). The number of para-hydroxylation sites is 3. The zero-order valence-electron chi connectivity index (χ0n) is 26.7. The highest BCUT2D eigenvalue weighted by molar-refractivity contribution is 6.11. The van der Waals surface area contributed by atoms with Crippen molar-refractivity contribution < 1.29 is 0 Å². The number of hydrogen-bond acceptors (Lipinski definition) is 3. The highest BCUT2D eigenvalue weighted by atomic mass is 15.0. The second kappa shape index (κ2) is 11.4. The molecule has 50 heavy (non-hydrogen) atoms. The van der Waals surface area contributed by atoms with Crippen molar-refractivity contribution in [1.82, 2.24) is 9.13 Å². The van der Waals surface area contributed by atoms with Gasteiger partial charge in [0.1, 0.15) is 0 Å². The zero-order valence-corrected chi connectivity index (χ0v) is 26.7. The summed E-state index contributed by atoms with van der Waals surface area (Å²) in [6.07, 6.45) is 0. The molecule has 0 unspecified atom stereocenters. The van der Waals surface area contributed by atoms with Crippen molar-refractivity contribution in [3.8, 4) is 51.8 Å². The molecule has 5 heteroatoms. The van der Waals surface area contributed by atoms with Gasteiger partial charge in [0.15, 0.2) is 0 Å². The molecule has 7 aromatic carbocycles. The molecule has 0 amide bonds. The molecule has 230 valence electrons. The van der Waals surface area contributed by atoms with Crippen LogP contribution in [0.1, 0.15) is 16.7 Å². The summed E-state index contributed by atoms with van der Waals surface area (Å²) in [6.45, 7) is 0. The van der Waals surface area contributed by atoms with Gasteiger partial charge in [-0.25, -0.2) is 0 Å². The summed E-state index contributed by atoms with van der Waals surface area (Å²) in [4.78, 5) is 0. The molecule has 5 nitrogen and oxygen atoms in total. The van der Waals surface area contributed by atoms with Crippen molar-refractivity contribution in [2.75, 3.05) is 0 Å². The van der Waals surface area contributed by atoms with E-state index in [1.165, 1.54) is 10.8 Å². The van der Waals surface area contributed by atoms with E-state index >= 15 is 0 Å². The van der Waals surface area contributed by atoms with Crippen LogP contribution in [0, 0.1) is 34.0 Å². The molecule has 0 aliphatic rings. The monoisotopic (exact) mass is 635 g/mol. The Morgan fingerprint density at radius 2 is 0.960 bits per heavy atom. The minimum absolute atomic E-state index is 0.561. The zero-order chi connectivity index (χ0) is 33.8. The summed E-state index contributed by atoms with van der Waals surface area (Å²) in [7, 11) is 0. The first-order chi connectivity index (χ1) is 24.7. The van der Waals surface area contributed by atoms with Crippen molar-refractivity contribution >= 4 is 43.6 Å². The van der Waals surface area contributed by atoms with Crippen molar-refractivity contribution in [3.05, 3.63) is 168 Å². The van der Waals surface area contributed by atoms with Crippen LogP contribution in [0.5, 0.6) is 0 Å². The molecular weight excluding hydrogens is 611 g/mol. The predicted molar refractivity (Wildman–Crippen MR) is 200 cm³/mol. The maximum Gasteiger partial charge on any atom is 0.0998 e. The third-order valence-electron chi connectivity index (χ3n) is 9.61. The molecule has 0 bridgehead atoms. The van der Waals surface area contributed by atoms with Crippen molar-refractivity contribution in [2.24, 2.45) is 0 Å². The number of aromatic nitrogens is 2. The Morgan fingerprint density at radius 1 is 0.380 bits per heavy atom. The Kier molecular flexibility index (Phi) is 6.56. The van der Waals surface area contributed by atoms with Gasteiger partial charge in [0.2, 0.25) is 0 Å². The van der Waals surface area contributed by atoms with Crippen LogP contribution in [0.25, 0.3) is 77.2 Å². The fourth-order valence-electron chi connectivity index (χ4n) is 7.40. The van der Waals surface area contributed by atoms with Gasteiger partial charge < -0.3 is 9.13 Å². The predicted octanol–water partition coefficient (Wildman–Crippen LogP) is 10.8. The summed E-state index contributed by atoms with van der Waals surface area (Å²) in [5, 5.41) is 33.9. The van der Waals surface area contributed by atoms with Crippen LogP contribution in [0.2, 0.25) is 0 Å². The Morgan fingerprint density at radius 3 is 1.60 bits per heavy atom. The standard InChI is InChI=1S/C45H25N5/c46-26-29-16-20-44-39(22-29)40-23-30(27-47)17-21-45(40)49(44)34-9-7-8-31(25-34)35-19-18-32(24-33(35)28-48)36-10-1-4-13-41(36)50-42-14-5-2-11-37(42)38-12-3-6-15-43(38)50/h1-25H. The van der Waals surface area contributed by atoms with Crippen LogP contribution in [-0.2, 0) is 0 Å². The van der Waals surface area contributed by atoms with Crippen LogP contribution in [0.15, 0.2) is 152 Å². The van der Waals surface area contributed by atoms with Gasteiger partial charge >= 0.3 is 0 Å². The first-order valence-electron chi connectivity index (χ1n) is 16.3. The molecule has 0 fully saturated rings. The number of nitriles is 3. The van der Waals surface area contributed by atoms with Crippen LogP contribution < -0.4 is 0 Å². The molecule has 2 heterocycles. The molecule has 0 aliphatic carbocycles. The van der Waals surface area contributed by atoms with Crippen molar-refractivity contribution in [2.45, 2.75) is 0 Å². The van der Waals surface area contributed by atoms with E-state index in [2.05, 4.69) is 106 Å². The average molecular weight is 636 g/mol. The quantitative estimate of drug-likeness (QED) is 0.193. The summed E-state index contributed by atoms with van der Waals surface area (Å²) in [6, 6.07) is 57.9. The number of hydrogen-bond donors (Lipinski definition) is 0. The van der Waals surface area contributed by atoms with Gasteiger partial charge in [-0.15, -0.1) is 0 Å². The minimum atomic E-state index is 0.561. The average Bonchev–Trinajstić information content (AvgIpc) is 3.69. The smallest absolute Gasteiger partial charge is 0.0998 e. The molecule has 0 saturated carbocycles. The Hall–Kier alpha value is -7.39. The Labute approximate surface area is 287 Å². The third-order valence-corrected chi connectivity index (χ3v) is 9.61. The van der Waals surface area contributed by atoms with Gasteiger partial charge in [0.25, 0.3) is 0 Å². The van der Waals surface area contributed by atoms with Crippen molar-refractivity contribution in [3.63, 3.8) is 0 Å². The fourth-order valence-corrected chi connectivity index (χ4v) is 7.40. The summed E-state index contributed by atoms with van der Waals surface area (Å²) >= 11 is 0. The van der Waals surface area contributed by atoms with Crippen LogP contribution in [-0.4, -0.2) is 9.13 Å². The van der Waals surface area contributed by atoms with Gasteiger partial charge in [0.05, 0.1) is 62.7 Å². The van der Waals surface area contributed by atoms with Gasteiger partial charge in [-0.05, 0) is 89.5 Å². The van der Waals surface area contributed by atoms with Crippen molar-refractivity contribution in [1.29, 1.82) is 15.8 Å². The van der Waals surface area contributed by atoms with E-state index < -0.39 is 0 Å². The molecule has 0 N–H and O–H groups in total. The lowest BCUT2D eigenvalue weighted by Gasteiger charge is -2.15. The van der Waals surface area contributed by atoms with E-state index in [1.54, 1.807) is 0 Å². The van der Waals surface area contributed by atoms with Gasteiger partial charge in [-0.3, -0.25) is 0 Å². The lowest BCUT2D eigenvalue weighted by molar-refractivity contribution is 1.18. The lowest BCUT2D eigenvalue weighted by Crippen LogP contribution is -1.98. The van der Waals surface area contributed by atoms with Crippen LogP contribution in [0.4, 0.5) is 0 Å². The Bertz CT molecular complexity index is 2850. The highest BCUT2D eigenvalue weighted by Gasteiger charge is 2.18. The van der Waals surface area contributed by atoms with E-state index in [9.17, 15) is 15.8 Å². The molecule has 0 aliphatic heterocycles. The van der Waals surface area contributed by atoms with E-state index in [4.69, 9.17) is 0 Å². The SMILES string of the molecule is N#Cc1ccc2c(c1)c1cc(C#N)ccc1n2-c1cccc(-c2ccc(-c3ccccc3-n3c4ccccc4c4ccccc43)cc2C#N)c1. The second-order valence-corrected chi connectivity index (χ2v) is 12.3. The fraction of sp³-hybridized carbons (Fsp3) is 0. The molecule has 0 spiro atoms. The molecule has 0 saturated heterocycles. The van der Waals surface area contributed by atoms with Crippen LogP contribution >= 0.6 is 0 Å². The summed E-state index contributed by atoms with van der Waals surface area (Å²) < 4.78 is 4.47. The molecule has 2 aromatic heterocycles. The van der Waals surface area contributed by atoms with E-state index in [1.807, 2.05) is 72.8 Å². The molecular formula is C45H25N5. The number of benzene rings is 7. The maximum absolute atomic E-state index is 10.5. The van der Waals surface area contributed by atoms with E-state index in [-0.39, 0.29) is 0 Å². The summed E-state index contributed by atoms with van der Waals surface area (Å²) in [5.74, 6) is 0. The third kappa shape index (κ3) is 4.38. The number of nitrogens with zero attached hydrogens (tertiary/aromatic N) is 5. The Balaban J connectivity index is 1.19. The van der Waals surface area contributed by atoms with Gasteiger partial charge in [0, 0.05) is 32.8 Å². The van der Waals surface area contributed by atoms with E-state index in [0.29, 0.717) is 16.7 Å².